The second kappa shape index (κ2) is 36.4. The molecule has 0 spiro atoms. The Morgan fingerprint density at radius 3 is 2.05 bits per heavy atom. The molecule has 1 aliphatic carbocycles. The van der Waals surface area contributed by atoms with Crippen molar-refractivity contribution in [2.24, 2.45) is 17.6 Å². The first-order valence-corrected chi connectivity index (χ1v) is 23.7. The average Bonchev–Trinajstić information content (AvgIpc) is 3.49. The van der Waals surface area contributed by atoms with E-state index in [2.05, 4.69) is 74.6 Å². The predicted octanol–water partition coefficient (Wildman–Crippen LogP) is 9.42. The zero-order valence-electron chi connectivity index (χ0n) is 36.4. The summed E-state index contributed by atoms with van der Waals surface area (Å²) in [5.41, 5.74) is 5.34. The van der Waals surface area contributed by atoms with Crippen LogP contribution in [-0.4, -0.2) is 77.5 Å². The Bertz CT molecular complexity index is 1420. The summed E-state index contributed by atoms with van der Waals surface area (Å²) < 4.78 is 32.7. The molecule has 1 rings (SSSR count). The van der Waals surface area contributed by atoms with Gasteiger partial charge in [0.1, 0.15) is 12.4 Å². The van der Waals surface area contributed by atoms with E-state index >= 15 is 0 Å². The minimum Gasteiger partial charge on any atom is -0.462 e. The highest BCUT2D eigenvalue weighted by atomic mass is 31.2. The standard InChI is InChI=1S/C47H76NO11P/c1-3-5-7-8-9-10-11-12-13-14-15-16-17-18-19-20-21-22-27-31-46(52)56-38-41(39-58-60(54,55)57-36-35-48)59-47(53)32-28-24-23-26-30-42-43(45(51)37-44(42)50)34-33-40(49)29-25-6-4-2/h5,7,9-10,12-13,15-16,18-19,23,26,33-34,40-43,45,49,51H,3-4,6,8,11,14,17,20-22,24-25,27-32,35-39,48H2,1-2H3,(H,54,55)/b7-5-,10-9-,13-12-,16-15-,19-18-,26-23-,34-33+/t40-,41+,42+,43+,45+/m0/s1. The number of carbonyl (C=O) groups is 3. The van der Waals surface area contributed by atoms with Crippen molar-refractivity contribution >= 4 is 25.5 Å². The van der Waals surface area contributed by atoms with Gasteiger partial charge in [-0.1, -0.05) is 125 Å². The van der Waals surface area contributed by atoms with Crippen molar-refractivity contribution in [3.8, 4) is 0 Å². The molecule has 0 amide bonds. The number of aliphatic hydroxyl groups excluding tert-OH is 2. The van der Waals surface area contributed by atoms with Gasteiger partial charge in [0.25, 0.3) is 0 Å². The molecule has 0 aromatic rings. The molecule has 1 saturated carbocycles. The third-order valence-electron chi connectivity index (χ3n) is 9.63. The number of rotatable bonds is 36. The molecule has 0 aromatic carbocycles. The van der Waals surface area contributed by atoms with Gasteiger partial charge in [-0.15, -0.1) is 0 Å². The van der Waals surface area contributed by atoms with Crippen LogP contribution in [0.3, 0.4) is 0 Å². The third kappa shape index (κ3) is 29.9. The monoisotopic (exact) mass is 862 g/mol. The third-order valence-corrected chi connectivity index (χ3v) is 10.6. The Kier molecular flexibility index (Phi) is 33.3. The van der Waals surface area contributed by atoms with Crippen molar-refractivity contribution in [1.29, 1.82) is 0 Å². The Hall–Kier alpha value is -3.22. The molecule has 6 atom stereocenters. The number of hydrogen-bond donors (Lipinski definition) is 4. The Morgan fingerprint density at radius 2 is 1.40 bits per heavy atom. The van der Waals surface area contributed by atoms with Crippen molar-refractivity contribution in [2.75, 3.05) is 26.4 Å². The van der Waals surface area contributed by atoms with Crippen LogP contribution < -0.4 is 5.73 Å². The summed E-state index contributed by atoms with van der Waals surface area (Å²) in [6.45, 7) is 3.14. The van der Waals surface area contributed by atoms with E-state index < -0.39 is 44.7 Å². The lowest BCUT2D eigenvalue weighted by Gasteiger charge is -2.19. The van der Waals surface area contributed by atoms with Crippen molar-refractivity contribution in [2.45, 2.75) is 154 Å². The molecule has 0 bridgehead atoms. The minimum absolute atomic E-state index is 0.000572. The van der Waals surface area contributed by atoms with Crippen LogP contribution in [0.1, 0.15) is 136 Å². The lowest BCUT2D eigenvalue weighted by atomic mass is 9.90. The molecule has 0 saturated heterocycles. The average molecular weight is 862 g/mol. The van der Waals surface area contributed by atoms with E-state index in [1.54, 1.807) is 12.2 Å². The summed E-state index contributed by atoms with van der Waals surface area (Å²) in [5.74, 6) is -1.83. The largest absolute Gasteiger partial charge is 0.472 e. The quantitative estimate of drug-likeness (QED) is 0.0202. The molecule has 1 fully saturated rings. The number of ether oxygens (including phenoxy) is 2. The number of nitrogens with two attached hydrogens (primary N) is 1. The van der Waals surface area contributed by atoms with Crippen LogP contribution in [0.2, 0.25) is 0 Å². The van der Waals surface area contributed by atoms with E-state index in [0.29, 0.717) is 32.1 Å². The molecular weight excluding hydrogens is 785 g/mol. The summed E-state index contributed by atoms with van der Waals surface area (Å²) in [4.78, 5) is 47.6. The minimum atomic E-state index is -4.47. The van der Waals surface area contributed by atoms with Gasteiger partial charge in [0.2, 0.25) is 0 Å². The fourth-order valence-electron chi connectivity index (χ4n) is 6.29. The number of ketones is 1. The van der Waals surface area contributed by atoms with Crippen molar-refractivity contribution in [3.63, 3.8) is 0 Å². The van der Waals surface area contributed by atoms with Gasteiger partial charge in [-0.25, -0.2) is 4.57 Å². The fraction of sp³-hybridized carbons (Fsp3) is 0.638. The lowest BCUT2D eigenvalue weighted by molar-refractivity contribution is -0.161. The van der Waals surface area contributed by atoms with Gasteiger partial charge < -0.3 is 30.3 Å². The maximum atomic E-state index is 12.7. The van der Waals surface area contributed by atoms with Gasteiger partial charge in [-0.05, 0) is 77.0 Å². The first-order chi connectivity index (χ1) is 29.0. The van der Waals surface area contributed by atoms with Crippen LogP contribution in [0.4, 0.5) is 0 Å². The number of esters is 2. The first-order valence-electron chi connectivity index (χ1n) is 22.2. The summed E-state index contributed by atoms with van der Waals surface area (Å²) in [5, 5.41) is 20.7. The van der Waals surface area contributed by atoms with Crippen LogP contribution >= 0.6 is 7.82 Å². The Labute approximate surface area is 360 Å². The number of phosphoric acid groups is 1. The number of aliphatic hydroxyl groups is 2. The molecule has 60 heavy (non-hydrogen) atoms. The van der Waals surface area contributed by atoms with Gasteiger partial charge in [0, 0.05) is 37.6 Å². The van der Waals surface area contributed by atoms with Crippen LogP contribution in [0, 0.1) is 11.8 Å². The van der Waals surface area contributed by atoms with Crippen LogP contribution in [0.15, 0.2) is 85.1 Å². The molecule has 1 aliphatic rings. The van der Waals surface area contributed by atoms with E-state index in [9.17, 15) is 34.1 Å². The van der Waals surface area contributed by atoms with Crippen LogP contribution in [0.5, 0.6) is 0 Å². The molecule has 0 radical (unpaired) electrons. The second-order valence-electron chi connectivity index (χ2n) is 15.0. The normalized spacial score (nSPS) is 19.6. The highest BCUT2D eigenvalue weighted by molar-refractivity contribution is 7.47. The van der Waals surface area contributed by atoms with Gasteiger partial charge in [-0.3, -0.25) is 23.4 Å². The van der Waals surface area contributed by atoms with E-state index in [1.165, 1.54) is 0 Å². The molecule has 0 aliphatic heterocycles. The first kappa shape index (κ1) is 54.8. The van der Waals surface area contributed by atoms with Gasteiger partial charge in [0.05, 0.1) is 25.4 Å². The Balaban J connectivity index is 2.43. The van der Waals surface area contributed by atoms with Crippen molar-refractivity contribution < 1.29 is 52.6 Å². The van der Waals surface area contributed by atoms with E-state index in [0.717, 1.165) is 70.6 Å². The molecule has 1 unspecified atom stereocenters. The highest BCUT2D eigenvalue weighted by Crippen LogP contribution is 2.43. The SMILES string of the molecule is CC/C=C\C/C=C\C/C=C\C/C=C\C/C=C\CCCCCC(=O)OC[C@H](COP(=O)(O)OCCN)OC(=O)CCC/C=C\C[C@H]1C(=O)C[C@@H](O)[C@@H]1/C=C/[C@@H](O)CCCCC. The number of carbonyl (C=O) groups excluding carboxylic acids is 3. The van der Waals surface area contributed by atoms with Crippen LogP contribution in [-0.2, 0) is 37.5 Å². The molecule has 12 nitrogen and oxygen atoms in total. The van der Waals surface area contributed by atoms with Crippen LogP contribution in [0.25, 0.3) is 0 Å². The highest BCUT2D eigenvalue weighted by Gasteiger charge is 2.39. The summed E-state index contributed by atoms with van der Waals surface area (Å²) in [6, 6.07) is 0. The molecular formula is C47H76NO11P. The number of hydrogen-bond acceptors (Lipinski definition) is 11. The van der Waals surface area contributed by atoms with Gasteiger partial charge in [-0.2, -0.15) is 0 Å². The Morgan fingerprint density at radius 1 is 0.783 bits per heavy atom. The number of phosphoric ester groups is 1. The van der Waals surface area contributed by atoms with E-state index in [4.69, 9.17) is 24.3 Å². The zero-order chi connectivity index (χ0) is 44.1. The topological polar surface area (TPSA) is 192 Å². The molecule has 340 valence electrons. The summed E-state index contributed by atoms with van der Waals surface area (Å²) in [7, 11) is -4.47. The summed E-state index contributed by atoms with van der Waals surface area (Å²) >= 11 is 0. The maximum absolute atomic E-state index is 12.7. The molecule has 0 aromatic heterocycles. The fourth-order valence-corrected chi connectivity index (χ4v) is 7.05. The number of Topliss-reactive ketones (excluding diaryl/α,β-unsaturated/α-hetero) is 1. The maximum Gasteiger partial charge on any atom is 0.472 e. The predicted molar refractivity (Wildman–Crippen MR) is 239 cm³/mol. The zero-order valence-corrected chi connectivity index (χ0v) is 37.3. The smallest absolute Gasteiger partial charge is 0.462 e. The number of unbranched alkanes of at least 4 members (excludes halogenated alkanes) is 6. The lowest BCUT2D eigenvalue weighted by Crippen LogP contribution is -2.29. The van der Waals surface area contributed by atoms with Crippen molar-refractivity contribution in [1.82, 2.24) is 0 Å². The molecule has 13 heteroatoms. The molecule has 0 heterocycles. The number of allylic oxidation sites excluding steroid dienone is 12. The summed E-state index contributed by atoms with van der Waals surface area (Å²) in [6.07, 6.45) is 39.8. The van der Waals surface area contributed by atoms with Crippen molar-refractivity contribution in [3.05, 3.63) is 85.1 Å². The van der Waals surface area contributed by atoms with Gasteiger partial charge in [0.15, 0.2) is 6.10 Å². The van der Waals surface area contributed by atoms with E-state index in [1.807, 2.05) is 12.2 Å². The second-order valence-corrected chi connectivity index (χ2v) is 16.4. The van der Waals surface area contributed by atoms with Gasteiger partial charge >= 0.3 is 19.8 Å². The van der Waals surface area contributed by atoms with E-state index in [-0.39, 0.29) is 56.6 Å². The molecule has 5 N–H and O–H groups in total.